The van der Waals surface area contributed by atoms with Crippen LogP contribution in [0.2, 0.25) is 0 Å². The summed E-state index contributed by atoms with van der Waals surface area (Å²) in [7, 11) is 0. The molecule has 0 spiro atoms. The summed E-state index contributed by atoms with van der Waals surface area (Å²) in [5, 5.41) is 21.5. The molecule has 1 atom stereocenters. The van der Waals surface area contributed by atoms with Gasteiger partial charge in [0.2, 0.25) is 5.95 Å². The minimum absolute atomic E-state index is 0.0425. The summed E-state index contributed by atoms with van der Waals surface area (Å²) >= 11 is 0. The van der Waals surface area contributed by atoms with Crippen LogP contribution in [-0.4, -0.2) is 19.9 Å². The van der Waals surface area contributed by atoms with Gasteiger partial charge in [-0.25, -0.2) is 4.98 Å². The standard InChI is InChI=1S/C16H13N9O/c1-7(21-14-9(6-18)12(19)23-16(20)25-14)13-22-10-4-2-3-8(5-17)11(10)15(26)24-13/h2-4,7H,1H3,(H,22,24,26)(H5,19,20,21,23,25)/t7-/m0/s1. The third kappa shape index (κ3) is 2.83. The molecule has 128 valence electrons. The van der Waals surface area contributed by atoms with Gasteiger partial charge in [-0.1, -0.05) is 6.07 Å². The number of nitrogens with two attached hydrogens (primary N) is 2. The van der Waals surface area contributed by atoms with Crippen LogP contribution in [0.5, 0.6) is 0 Å². The van der Waals surface area contributed by atoms with Crippen molar-refractivity contribution < 1.29 is 0 Å². The predicted octanol–water partition coefficient (Wildman–Crippen LogP) is 0.794. The lowest BCUT2D eigenvalue weighted by Crippen LogP contribution is -2.20. The summed E-state index contributed by atoms with van der Waals surface area (Å²) in [6, 6.07) is 8.19. The van der Waals surface area contributed by atoms with Crippen molar-refractivity contribution in [1.29, 1.82) is 10.5 Å². The van der Waals surface area contributed by atoms with Gasteiger partial charge in [-0.15, -0.1) is 0 Å². The van der Waals surface area contributed by atoms with Gasteiger partial charge >= 0.3 is 0 Å². The third-order valence-corrected chi connectivity index (χ3v) is 3.70. The zero-order valence-electron chi connectivity index (χ0n) is 13.6. The number of benzene rings is 1. The Labute approximate surface area is 147 Å². The molecule has 0 amide bonds. The fourth-order valence-corrected chi connectivity index (χ4v) is 2.49. The normalized spacial score (nSPS) is 11.5. The molecule has 0 aliphatic carbocycles. The number of rotatable bonds is 3. The number of H-pyrrole nitrogens is 1. The highest BCUT2D eigenvalue weighted by Gasteiger charge is 2.17. The van der Waals surface area contributed by atoms with Crippen LogP contribution in [-0.2, 0) is 0 Å². The lowest BCUT2D eigenvalue weighted by molar-refractivity contribution is 0.785. The molecule has 10 nitrogen and oxygen atoms in total. The maximum Gasteiger partial charge on any atom is 0.260 e. The molecule has 0 saturated heterocycles. The molecule has 3 aromatic rings. The first-order valence-electron chi connectivity index (χ1n) is 7.47. The number of hydrogen-bond acceptors (Lipinski definition) is 9. The van der Waals surface area contributed by atoms with E-state index in [0.29, 0.717) is 11.3 Å². The van der Waals surface area contributed by atoms with Crippen LogP contribution in [0.1, 0.15) is 29.9 Å². The molecule has 0 aliphatic rings. The molecule has 0 fully saturated rings. The van der Waals surface area contributed by atoms with Crippen molar-refractivity contribution in [3.8, 4) is 12.1 Å². The van der Waals surface area contributed by atoms with Crippen molar-refractivity contribution in [1.82, 2.24) is 19.9 Å². The monoisotopic (exact) mass is 347 g/mol. The van der Waals surface area contributed by atoms with Gasteiger partial charge in [0.25, 0.3) is 5.56 Å². The third-order valence-electron chi connectivity index (χ3n) is 3.70. The molecule has 0 unspecified atom stereocenters. The van der Waals surface area contributed by atoms with Gasteiger partial charge in [0.05, 0.1) is 22.5 Å². The molecule has 2 aromatic heterocycles. The van der Waals surface area contributed by atoms with Crippen molar-refractivity contribution >= 4 is 28.5 Å². The van der Waals surface area contributed by atoms with Crippen LogP contribution in [0.25, 0.3) is 10.9 Å². The van der Waals surface area contributed by atoms with Gasteiger partial charge in [0.15, 0.2) is 5.82 Å². The SMILES string of the molecule is C[C@H](Nc1nc(N)nc(N)c1C#N)c1nc2cccc(C#N)c2c(=O)[nH]1. The zero-order chi connectivity index (χ0) is 18.8. The second-order valence-electron chi connectivity index (χ2n) is 5.43. The number of nitrogens with zero attached hydrogens (tertiary/aromatic N) is 5. The molecule has 2 heterocycles. The van der Waals surface area contributed by atoms with Gasteiger partial charge in [-0.2, -0.15) is 20.5 Å². The number of aromatic nitrogens is 4. The fraction of sp³-hybridized carbons (Fsp3) is 0.125. The average Bonchev–Trinajstić information content (AvgIpc) is 2.60. The van der Waals surface area contributed by atoms with E-state index >= 15 is 0 Å². The smallest absolute Gasteiger partial charge is 0.260 e. The number of anilines is 3. The average molecular weight is 347 g/mol. The molecule has 1 aromatic carbocycles. The van der Waals surface area contributed by atoms with E-state index in [1.807, 2.05) is 12.1 Å². The molecule has 0 bridgehead atoms. The minimum Gasteiger partial charge on any atom is -0.382 e. The van der Waals surface area contributed by atoms with Crippen molar-refractivity contribution in [3.63, 3.8) is 0 Å². The first-order valence-corrected chi connectivity index (χ1v) is 7.47. The molecule has 6 N–H and O–H groups in total. The Morgan fingerprint density at radius 2 is 1.96 bits per heavy atom. The van der Waals surface area contributed by atoms with E-state index < -0.39 is 11.6 Å². The van der Waals surface area contributed by atoms with Crippen LogP contribution in [0.3, 0.4) is 0 Å². The van der Waals surface area contributed by atoms with Crippen molar-refractivity contribution in [2.45, 2.75) is 13.0 Å². The number of fused-ring (bicyclic) bond motifs is 1. The highest BCUT2D eigenvalue weighted by Crippen LogP contribution is 2.23. The van der Waals surface area contributed by atoms with E-state index in [-0.39, 0.29) is 34.1 Å². The lowest BCUT2D eigenvalue weighted by Gasteiger charge is -2.16. The number of hydrogen-bond donors (Lipinski definition) is 4. The van der Waals surface area contributed by atoms with E-state index in [4.69, 9.17) is 16.7 Å². The van der Waals surface area contributed by atoms with Gasteiger partial charge in [0.1, 0.15) is 29.3 Å². The van der Waals surface area contributed by atoms with Crippen molar-refractivity contribution in [2.24, 2.45) is 0 Å². The van der Waals surface area contributed by atoms with Crippen molar-refractivity contribution in [2.75, 3.05) is 16.8 Å². The predicted molar refractivity (Wildman–Crippen MR) is 94.7 cm³/mol. The Morgan fingerprint density at radius 1 is 1.19 bits per heavy atom. The summed E-state index contributed by atoms with van der Waals surface area (Å²) in [4.78, 5) is 27.1. The molecular formula is C16H13N9O. The highest BCUT2D eigenvalue weighted by atomic mass is 16.1. The summed E-state index contributed by atoms with van der Waals surface area (Å²) in [5.41, 5.74) is 11.5. The van der Waals surface area contributed by atoms with Crippen LogP contribution in [0.4, 0.5) is 17.6 Å². The van der Waals surface area contributed by atoms with Gasteiger partial charge in [-0.05, 0) is 19.1 Å². The maximum atomic E-state index is 12.4. The Morgan fingerprint density at radius 3 is 2.65 bits per heavy atom. The van der Waals surface area contributed by atoms with E-state index in [1.54, 1.807) is 25.1 Å². The van der Waals surface area contributed by atoms with Crippen LogP contribution < -0.4 is 22.3 Å². The Balaban J connectivity index is 2.05. The van der Waals surface area contributed by atoms with Crippen LogP contribution in [0.15, 0.2) is 23.0 Å². The number of nitrogens with one attached hydrogen (secondary N) is 2. The highest BCUT2D eigenvalue weighted by molar-refractivity contribution is 5.83. The van der Waals surface area contributed by atoms with Crippen LogP contribution >= 0.6 is 0 Å². The molecule has 3 rings (SSSR count). The molecule has 0 aliphatic heterocycles. The zero-order valence-corrected chi connectivity index (χ0v) is 13.6. The Hall–Kier alpha value is -4.18. The first kappa shape index (κ1) is 16.7. The topological polar surface area (TPSA) is 183 Å². The second-order valence-corrected chi connectivity index (χ2v) is 5.43. The van der Waals surface area contributed by atoms with Crippen molar-refractivity contribution in [3.05, 3.63) is 45.5 Å². The van der Waals surface area contributed by atoms with E-state index in [2.05, 4.69) is 25.3 Å². The summed E-state index contributed by atoms with van der Waals surface area (Å²) in [6.45, 7) is 1.72. The fourth-order valence-electron chi connectivity index (χ4n) is 2.49. The summed E-state index contributed by atoms with van der Waals surface area (Å²) in [5.74, 6) is 0.305. The second kappa shape index (κ2) is 6.37. The number of nitriles is 2. The van der Waals surface area contributed by atoms with E-state index in [1.165, 1.54) is 0 Å². The van der Waals surface area contributed by atoms with Gasteiger partial charge in [0, 0.05) is 0 Å². The molecule has 10 heteroatoms. The van der Waals surface area contributed by atoms with E-state index in [9.17, 15) is 10.1 Å². The minimum atomic E-state index is -0.529. The summed E-state index contributed by atoms with van der Waals surface area (Å²) in [6.07, 6.45) is 0. The first-order chi connectivity index (χ1) is 12.4. The van der Waals surface area contributed by atoms with Gasteiger partial charge in [-0.3, -0.25) is 4.79 Å². The number of aromatic amines is 1. The lowest BCUT2D eigenvalue weighted by atomic mass is 10.1. The van der Waals surface area contributed by atoms with Gasteiger partial charge < -0.3 is 21.8 Å². The summed E-state index contributed by atoms with van der Waals surface area (Å²) < 4.78 is 0. The quantitative estimate of drug-likeness (QED) is 0.532. The Kier molecular flexibility index (Phi) is 4.09. The van der Waals surface area contributed by atoms with Crippen LogP contribution in [0, 0.1) is 22.7 Å². The Bertz CT molecular complexity index is 1150. The molecule has 0 saturated carbocycles. The largest absolute Gasteiger partial charge is 0.382 e. The molecule has 0 radical (unpaired) electrons. The molecular weight excluding hydrogens is 334 g/mol. The van der Waals surface area contributed by atoms with E-state index in [0.717, 1.165) is 0 Å². The number of nitrogen functional groups attached to an aromatic ring is 2. The molecule has 26 heavy (non-hydrogen) atoms. The maximum absolute atomic E-state index is 12.4.